The highest BCUT2D eigenvalue weighted by Crippen LogP contribution is 2.21. The summed E-state index contributed by atoms with van der Waals surface area (Å²) in [5.41, 5.74) is 2.13. The molecule has 2 rings (SSSR count). The molecular weight excluding hydrogens is 284 g/mol. The Kier molecular flexibility index (Phi) is 5.29. The Morgan fingerprint density at radius 3 is 2.81 bits per heavy atom. The van der Waals surface area contributed by atoms with Gasteiger partial charge in [-0.2, -0.15) is 5.26 Å². The number of nitriles is 1. The molecule has 0 aliphatic rings. The van der Waals surface area contributed by atoms with Crippen LogP contribution in [-0.4, -0.2) is 21.6 Å². The van der Waals surface area contributed by atoms with E-state index in [1.165, 1.54) is 11.8 Å². The number of aromatic nitrogens is 2. The first-order chi connectivity index (χ1) is 10.2. The maximum absolute atomic E-state index is 11.8. The highest BCUT2D eigenvalue weighted by Gasteiger charge is 2.07. The maximum atomic E-state index is 11.8. The highest BCUT2D eigenvalue weighted by molar-refractivity contribution is 7.99. The average Bonchev–Trinajstić information content (AvgIpc) is 2.48. The van der Waals surface area contributed by atoms with Crippen molar-refractivity contribution in [2.45, 2.75) is 18.4 Å². The van der Waals surface area contributed by atoms with Crippen LogP contribution in [0.3, 0.4) is 0 Å². The van der Waals surface area contributed by atoms with E-state index in [4.69, 9.17) is 5.26 Å². The fourth-order valence-electron chi connectivity index (χ4n) is 1.63. The van der Waals surface area contributed by atoms with E-state index >= 15 is 0 Å². The first kappa shape index (κ1) is 15.0. The van der Waals surface area contributed by atoms with Gasteiger partial charge >= 0.3 is 0 Å². The minimum absolute atomic E-state index is 0.0696. The monoisotopic (exact) mass is 298 g/mol. The molecule has 0 aromatic carbocycles. The average molecular weight is 298 g/mol. The summed E-state index contributed by atoms with van der Waals surface area (Å²) < 4.78 is 0. The van der Waals surface area contributed by atoms with Crippen molar-refractivity contribution in [1.82, 2.24) is 9.97 Å². The molecular formula is C15H14N4OS. The number of nitrogens with zero attached hydrogens (tertiary/aromatic N) is 3. The van der Waals surface area contributed by atoms with E-state index in [1.54, 1.807) is 36.7 Å². The van der Waals surface area contributed by atoms with Gasteiger partial charge in [0.25, 0.3) is 0 Å². The number of hydrogen-bond donors (Lipinski definition) is 1. The standard InChI is InChI=1S/C15H14N4OS/c1-11-2-3-12(10-16)15(18-11)21-9-6-14(20)19-13-4-7-17-8-5-13/h2-5,7-8H,6,9H2,1H3,(H,17,19,20). The zero-order valence-corrected chi connectivity index (χ0v) is 12.4. The van der Waals surface area contributed by atoms with Gasteiger partial charge in [-0.1, -0.05) is 0 Å². The third kappa shape index (κ3) is 4.58. The van der Waals surface area contributed by atoms with E-state index in [9.17, 15) is 4.79 Å². The molecule has 0 bridgehead atoms. The number of nitrogens with one attached hydrogen (secondary N) is 1. The fourth-order valence-corrected chi connectivity index (χ4v) is 2.59. The summed E-state index contributed by atoms with van der Waals surface area (Å²) in [7, 11) is 0. The summed E-state index contributed by atoms with van der Waals surface area (Å²) in [6.45, 7) is 1.88. The molecule has 5 nitrogen and oxygen atoms in total. The quantitative estimate of drug-likeness (QED) is 0.859. The molecule has 106 valence electrons. The Labute approximate surface area is 127 Å². The molecule has 0 saturated heterocycles. The molecule has 1 N–H and O–H groups in total. The van der Waals surface area contributed by atoms with Crippen LogP contribution in [0.2, 0.25) is 0 Å². The number of thioether (sulfide) groups is 1. The Hall–Kier alpha value is -2.39. The van der Waals surface area contributed by atoms with Gasteiger partial charge < -0.3 is 5.32 Å². The largest absolute Gasteiger partial charge is 0.326 e. The third-order valence-electron chi connectivity index (χ3n) is 2.65. The molecule has 2 aromatic heterocycles. The number of carbonyl (C=O) groups excluding carboxylic acids is 1. The van der Waals surface area contributed by atoms with E-state index in [1.807, 2.05) is 6.92 Å². The molecule has 0 aliphatic carbocycles. The SMILES string of the molecule is Cc1ccc(C#N)c(SCCC(=O)Nc2ccncc2)n1. The van der Waals surface area contributed by atoms with Crippen molar-refractivity contribution >= 4 is 23.4 Å². The van der Waals surface area contributed by atoms with Crippen LogP contribution >= 0.6 is 11.8 Å². The van der Waals surface area contributed by atoms with Crippen molar-refractivity contribution in [3.8, 4) is 6.07 Å². The minimum atomic E-state index is -0.0696. The molecule has 0 fully saturated rings. The van der Waals surface area contributed by atoms with Crippen LogP contribution in [0.15, 0.2) is 41.7 Å². The maximum Gasteiger partial charge on any atom is 0.225 e. The van der Waals surface area contributed by atoms with Crippen LogP contribution < -0.4 is 5.32 Å². The Balaban J connectivity index is 1.86. The number of hydrogen-bond acceptors (Lipinski definition) is 5. The number of aryl methyl sites for hydroxylation is 1. The van der Waals surface area contributed by atoms with E-state index in [2.05, 4.69) is 21.4 Å². The van der Waals surface area contributed by atoms with E-state index in [0.29, 0.717) is 22.8 Å². The second kappa shape index (κ2) is 7.41. The van der Waals surface area contributed by atoms with Gasteiger partial charge in [0.15, 0.2) is 0 Å². The van der Waals surface area contributed by atoms with Crippen molar-refractivity contribution in [3.05, 3.63) is 47.9 Å². The van der Waals surface area contributed by atoms with Gasteiger partial charge in [0, 0.05) is 35.9 Å². The second-order valence-electron chi connectivity index (χ2n) is 4.30. The molecule has 6 heteroatoms. The molecule has 0 unspecified atom stereocenters. The Bertz CT molecular complexity index is 667. The van der Waals surface area contributed by atoms with Gasteiger partial charge in [-0.3, -0.25) is 9.78 Å². The summed E-state index contributed by atoms with van der Waals surface area (Å²) in [4.78, 5) is 20.0. The Morgan fingerprint density at radius 1 is 1.33 bits per heavy atom. The number of carbonyl (C=O) groups is 1. The first-order valence-corrected chi connectivity index (χ1v) is 7.38. The lowest BCUT2D eigenvalue weighted by Gasteiger charge is -2.05. The van der Waals surface area contributed by atoms with Crippen LogP contribution in [-0.2, 0) is 4.79 Å². The second-order valence-corrected chi connectivity index (χ2v) is 5.38. The minimum Gasteiger partial charge on any atom is -0.326 e. The molecule has 0 spiro atoms. The third-order valence-corrected chi connectivity index (χ3v) is 3.64. The number of anilines is 1. The van der Waals surface area contributed by atoms with Crippen LogP contribution in [0.1, 0.15) is 17.7 Å². The van der Waals surface area contributed by atoms with Crippen molar-refractivity contribution < 1.29 is 4.79 Å². The van der Waals surface area contributed by atoms with Gasteiger partial charge in [-0.25, -0.2) is 4.98 Å². The zero-order valence-electron chi connectivity index (χ0n) is 11.5. The van der Waals surface area contributed by atoms with Gasteiger partial charge in [0.05, 0.1) is 5.56 Å². The van der Waals surface area contributed by atoms with Crippen LogP contribution in [0, 0.1) is 18.3 Å². The molecule has 0 atom stereocenters. The molecule has 2 aromatic rings. The van der Waals surface area contributed by atoms with E-state index in [-0.39, 0.29) is 5.91 Å². The molecule has 0 saturated carbocycles. The molecule has 21 heavy (non-hydrogen) atoms. The van der Waals surface area contributed by atoms with Gasteiger partial charge in [0.2, 0.25) is 5.91 Å². The van der Waals surface area contributed by atoms with Crippen LogP contribution in [0.25, 0.3) is 0 Å². The number of pyridine rings is 2. The molecule has 0 aliphatic heterocycles. The summed E-state index contributed by atoms with van der Waals surface area (Å²) >= 11 is 1.42. The summed E-state index contributed by atoms with van der Waals surface area (Å²) in [5, 5.41) is 12.5. The number of rotatable bonds is 5. The number of amides is 1. The smallest absolute Gasteiger partial charge is 0.225 e. The van der Waals surface area contributed by atoms with Gasteiger partial charge in [-0.05, 0) is 31.2 Å². The molecule has 0 radical (unpaired) electrons. The fraction of sp³-hybridized carbons (Fsp3) is 0.200. The molecule has 2 heterocycles. The lowest BCUT2D eigenvalue weighted by molar-refractivity contribution is -0.115. The summed E-state index contributed by atoms with van der Waals surface area (Å²) in [6.07, 6.45) is 3.61. The summed E-state index contributed by atoms with van der Waals surface area (Å²) in [6, 6.07) is 9.14. The highest BCUT2D eigenvalue weighted by atomic mass is 32.2. The van der Waals surface area contributed by atoms with Crippen LogP contribution in [0.4, 0.5) is 5.69 Å². The normalized spacial score (nSPS) is 9.90. The van der Waals surface area contributed by atoms with Crippen molar-refractivity contribution in [2.75, 3.05) is 11.1 Å². The predicted molar refractivity (Wildman–Crippen MR) is 81.9 cm³/mol. The lowest BCUT2D eigenvalue weighted by atomic mass is 10.3. The van der Waals surface area contributed by atoms with Crippen molar-refractivity contribution in [1.29, 1.82) is 5.26 Å². The predicted octanol–water partition coefficient (Wildman–Crippen LogP) is 2.78. The van der Waals surface area contributed by atoms with Gasteiger partial charge in [-0.15, -0.1) is 11.8 Å². The van der Waals surface area contributed by atoms with Crippen molar-refractivity contribution in [3.63, 3.8) is 0 Å². The van der Waals surface area contributed by atoms with E-state index < -0.39 is 0 Å². The summed E-state index contributed by atoms with van der Waals surface area (Å²) in [5.74, 6) is 0.502. The topological polar surface area (TPSA) is 78.7 Å². The first-order valence-electron chi connectivity index (χ1n) is 6.39. The van der Waals surface area contributed by atoms with Gasteiger partial charge in [0.1, 0.15) is 11.1 Å². The molecule has 1 amide bonds. The van der Waals surface area contributed by atoms with Crippen molar-refractivity contribution in [2.24, 2.45) is 0 Å². The zero-order chi connectivity index (χ0) is 15.1. The van der Waals surface area contributed by atoms with E-state index in [0.717, 1.165) is 11.4 Å². The lowest BCUT2D eigenvalue weighted by Crippen LogP contribution is -2.12. The van der Waals surface area contributed by atoms with Crippen LogP contribution in [0.5, 0.6) is 0 Å². The Morgan fingerprint density at radius 2 is 2.10 bits per heavy atom.